The number of benzene rings is 3. The SMILES string of the molecule is CCOC(=O)c1ccc(N2C(=O)[C@H]3[C@H](c4ccc(OC)cc4)c4sc(=O)n(CC(=O)Nc5ccccc5)c4S[C@H]3C2=O)cc1. The van der Waals surface area contributed by atoms with Crippen LogP contribution in [0.15, 0.2) is 88.7 Å². The van der Waals surface area contributed by atoms with Gasteiger partial charge in [-0.2, -0.15) is 0 Å². The van der Waals surface area contributed by atoms with Gasteiger partial charge in [-0.05, 0) is 61.0 Å². The van der Waals surface area contributed by atoms with Crippen molar-refractivity contribution in [2.45, 2.75) is 29.7 Å². The Balaban J connectivity index is 1.38. The zero-order valence-corrected chi connectivity index (χ0v) is 25.4. The molecule has 3 heterocycles. The molecule has 0 saturated carbocycles. The summed E-state index contributed by atoms with van der Waals surface area (Å²) in [6.07, 6.45) is 0. The molecule has 4 aromatic rings. The number of imide groups is 1. The Labute approximate surface area is 260 Å². The van der Waals surface area contributed by atoms with Crippen molar-refractivity contribution in [1.29, 1.82) is 0 Å². The molecule has 2 aliphatic rings. The molecule has 0 unspecified atom stereocenters. The predicted octanol–water partition coefficient (Wildman–Crippen LogP) is 4.53. The third-order valence-electron chi connectivity index (χ3n) is 7.52. The molecule has 2 aliphatic heterocycles. The fourth-order valence-electron chi connectivity index (χ4n) is 5.51. The van der Waals surface area contributed by atoms with Crippen molar-refractivity contribution in [2.75, 3.05) is 23.9 Å². The first-order valence-corrected chi connectivity index (χ1v) is 15.5. The number of nitrogens with one attached hydrogen (secondary N) is 1. The van der Waals surface area contributed by atoms with E-state index in [2.05, 4.69) is 5.32 Å². The van der Waals surface area contributed by atoms with Gasteiger partial charge in [0.25, 0.3) is 0 Å². The molecule has 1 N–H and O–H groups in total. The van der Waals surface area contributed by atoms with Gasteiger partial charge in [-0.3, -0.25) is 23.7 Å². The Morgan fingerprint density at radius 2 is 1.61 bits per heavy atom. The fraction of sp³-hybridized carbons (Fsp3) is 0.219. The second-order valence-electron chi connectivity index (χ2n) is 10.1. The number of hydrogen-bond acceptors (Lipinski definition) is 9. The van der Waals surface area contributed by atoms with E-state index in [-0.39, 0.29) is 23.9 Å². The van der Waals surface area contributed by atoms with Crippen LogP contribution in [0.5, 0.6) is 5.75 Å². The van der Waals surface area contributed by atoms with Crippen molar-refractivity contribution in [3.05, 3.63) is 105 Å². The molecule has 0 bridgehead atoms. The van der Waals surface area contributed by atoms with Crippen LogP contribution in [0.25, 0.3) is 0 Å². The van der Waals surface area contributed by atoms with Gasteiger partial charge in [0.2, 0.25) is 17.7 Å². The minimum atomic E-state index is -0.843. The summed E-state index contributed by atoms with van der Waals surface area (Å²) in [5, 5.41) is 2.45. The summed E-state index contributed by atoms with van der Waals surface area (Å²) >= 11 is 2.12. The zero-order valence-electron chi connectivity index (χ0n) is 23.7. The number of aromatic nitrogens is 1. The van der Waals surface area contributed by atoms with Crippen molar-refractivity contribution < 1.29 is 28.7 Å². The smallest absolute Gasteiger partial charge is 0.338 e. The molecule has 1 aromatic heterocycles. The molecule has 0 radical (unpaired) electrons. The number of rotatable bonds is 8. The summed E-state index contributed by atoms with van der Waals surface area (Å²) in [6, 6.07) is 22.2. The molecule has 224 valence electrons. The van der Waals surface area contributed by atoms with Crippen molar-refractivity contribution in [2.24, 2.45) is 5.92 Å². The van der Waals surface area contributed by atoms with Crippen LogP contribution < -0.4 is 19.8 Å². The molecule has 10 nitrogen and oxygen atoms in total. The Kier molecular flexibility index (Phi) is 8.11. The van der Waals surface area contributed by atoms with Crippen LogP contribution in [0.1, 0.15) is 33.6 Å². The van der Waals surface area contributed by atoms with Crippen LogP contribution in [0.2, 0.25) is 0 Å². The lowest BCUT2D eigenvalue weighted by Gasteiger charge is -2.30. The van der Waals surface area contributed by atoms with Gasteiger partial charge in [0.05, 0.1) is 35.9 Å². The van der Waals surface area contributed by atoms with E-state index < -0.39 is 34.9 Å². The molecule has 3 aromatic carbocycles. The molecule has 12 heteroatoms. The molecule has 1 fully saturated rings. The molecule has 44 heavy (non-hydrogen) atoms. The van der Waals surface area contributed by atoms with Crippen LogP contribution >= 0.6 is 23.1 Å². The molecule has 6 rings (SSSR count). The maximum Gasteiger partial charge on any atom is 0.338 e. The van der Waals surface area contributed by atoms with E-state index >= 15 is 0 Å². The summed E-state index contributed by atoms with van der Waals surface area (Å²) < 4.78 is 11.7. The van der Waals surface area contributed by atoms with Crippen molar-refractivity contribution in [3.8, 4) is 5.75 Å². The Bertz CT molecular complexity index is 1800. The number of thioether (sulfide) groups is 1. The van der Waals surface area contributed by atoms with Crippen LogP contribution in [0.4, 0.5) is 11.4 Å². The molecular weight excluding hydrogens is 603 g/mol. The van der Waals surface area contributed by atoms with Crippen molar-refractivity contribution >= 4 is 58.2 Å². The number of para-hydroxylation sites is 1. The van der Waals surface area contributed by atoms with Crippen molar-refractivity contribution in [1.82, 2.24) is 4.57 Å². The first kappa shape index (κ1) is 29.4. The summed E-state index contributed by atoms with van der Waals surface area (Å²) in [4.78, 5) is 67.9. The topological polar surface area (TPSA) is 124 Å². The van der Waals surface area contributed by atoms with Gasteiger partial charge >= 0.3 is 10.8 Å². The standard InChI is InChI=1S/C32H27N3O7S2/c1-3-42-31(39)19-9-13-21(14-10-19)35-28(37)25-24(18-11-15-22(41-2)16-12-18)27-30(43-26(25)29(35)38)34(32(40)44-27)17-23(36)33-20-7-5-4-6-8-20/h4-16,24-26H,3,17H2,1-2H3,(H,33,36)/t24-,25-,26+/m0/s1. The van der Waals surface area contributed by atoms with E-state index in [0.29, 0.717) is 32.6 Å². The van der Waals surface area contributed by atoms with Gasteiger partial charge in [0, 0.05) is 16.5 Å². The summed E-state index contributed by atoms with van der Waals surface area (Å²) in [6.45, 7) is 1.68. The fourth-order valence-corrected chi connectivity index (χ4v) is 8.28. The number of hydrogen-bond donors (Lipinski definition) is 1. The monoisotopic (exact) mass is 629 g/mol. The lowest BCUT2D eigenvalue weighted by molar-refractivity contribution is -0.122. The molecule has 0 aliphatic carbocycles. The third-order valence-corrected chi connectivity index (χ3v) is 10.1. The number of amides is 3. The predicted molar refractivity (Wildman–Crippen MR) is 167 cm³/mol. The van der Waals surface area contributed by atoms with E-state index in [1.54, 1.807) is 62.6 Å². The lowest BCUT2D eigenvalue weighted by Crippen LogP contribution is -2.33. The number of carbonyl (C=O) groups is 4. The minimum absolute atomic E-state index is 0.222. The Morgan fingerprint density at radius 1 is 0.909 bits per heavy atom. The zero-order chi connectivity index (χ0) is 31.0. The average molecular weight is 630 g/mol. The van der Waals surface area contributed by atoms with E-state index in [1.165, 1.54) is 16.7 Å². The quantitative estimate of drug-likeness (QED) is 0.223. The summed E-state index contributed by atoms with van der Waals surface area (Å²) in [5.41, 5.74) is 1.97. The van der Waals surface area contributed by atoms with E-state index in [1.807, 2.05) is 18.2 Å². The van der Waals surface area contributed by atoms with E-state index in [9.17, 15) is 24.0 Å². The van der Waals surface area contributed by atoms with E-state index in [0.717, 1.165) is 33.6 Å². The number of anilines is 2. The highest BCUT2D eigenvalue weighted by Crippen LogP contribution is 2.54. The number of fused-ring (bicyclic) bond motifs is 2. The van der Waals surface area contributed by atoms with Crippen LogP contribution in [-0.4, -0.2) is 47.2 Å². The highest BCUT2D eigenvalue weighted by Gasteiger charge is 2.56. The minimum Gasteiger partial charge on any atom is -0.497 e. The highest BCUT2D eigenvalue weighted by atomic mass is 32.2. The third kappa shape index (κ3) is 5.31. The summed E-state index contributed by atoms with van der Waals surface area (Å²) in [5.74, 6) is -2.52. The van der Waals surface area contributed by atoms with Gasteiger partial charge in [-0.25, -0.2) is 9.69 Å². The lowest BCUT2D eigenvalue weighted by atomic mass is 9.83. The number of nitrogens with zero attached hydrogens (tertiary/aromatic N) is 2. The van der Waals surface area contributed by atoms with Gasteiger partial charge in [0.15, 0.2) is 0 Å². The first-order valence-electron chi connectivity index (χ1n) is 13.8. The number of methoxy groups -OCH3 is 1. The van der Waals surface area contributed by atoms with Crippen LogP contribution in [0.3, 0.4) is 0 Å². The molecule has 1 saturated heterocycles. The highest BCUT2D eigenvalue weighted by molar-refractivity contribution is 8.00. The molecule has 3 atom stereocenters. The normalized spacial score (nSPS) is 18.9. The van der Waals surface area contributed by atoms with Gasteiger partial charge in [-0.1, -0.05) is 53.4 Å². The Morgan fingerprint density at radius 3 is 2.27 bits per heavy atom. The van der Waals surface area contributed by atoms with Crippen LogP contribution in [0, 0.1) is 5.92 Å². The second kappa shape index (κ2) is 12.1. The second-order valence-corrected chi connectivity index (χ2v) is 12.3. The molecule has 0 spiro atoms. The maximum absolute atomic E-state index is 14.1. The Hall–Kier alpha value is -4.68. The molecular formula is C32H27N3O7S2. The van der Waals surface area contributed by atoms with Gasteiger partial charge in [0.1, 0.15) is 17.5 Å². The number of carbonyl (C=O) groups excluding carboxylic acids is 4. The van der Waals surface area contributed by atoms with Crippen LogP contribution in [-0.2, 0) is 25.7 Å². The number of ether oxygens (including phenoxy) is 2. The maximum atomic E-state index is 14.1. The first-order chi connectivity index (χ1) is 21.3. The van der Waals surface area contributed by atoms with Gasteiger partial charge < -0.3 is 14.8 Å². The largest absolute Gasteiger partial charge is 0.497 e. The average Bonchev–Trinajstić information content (AvgIpc) is 3.48. The number of thiazole rings is 1. The number of esters is 1. The summed E-state index contributed by atoms with van der Waals surface area (Å²) in [7, 11) is 1.55. The van der Waals surface area contributed by atoms with Crippen molar-refractivity contribution in [3.63, 3.8) is 0 Å². The van der Waals surface area contributed by atoms with Gasteiger partial charge in [-0.15, -0.1) is 0 Å². The molecule has 3 amide bonds. The van der Waals surface area contributed by atoms with E-state index in [4.69, 9.17) is 9.47 Å².